The summed E-state index contributed by atoms with van der Waals surface area (Å²) < 4.78 is 0. The van der Waals surface area contributed by atoms with Crippen LogP contribution in [0.1, 0.15) is 53.4 Å². The standard InChI is InChI=1S/C14H25N/c1-12(2)7-8-13(3,4)11(12)5-6-14(15)9-10-14/h5-6,11H,7-10,15H2,1-4H3. The second kappa shape index (κ2) is 3.10. The molecule has 2 rings (SSSR count). The second-order valence-corrected chi connectivity index (χ2v) is 7.05. The predicted octanol–water partition coefficient (Wildman–Crippen LogP) is 3.50. The van der Waals surface area contributed by atoms with Gasteiger partial charge >= 0.3 is 0 Å². The molecule has 2 aliphatic rings. The summed E-state index contributed by atoms with van der Waals surface area (Å²) in [5.74, 6) is 0.686. The molecule has 0 heterocycles. The molecule has 0 bridgehead atoms. The van der Waals surface area contributed by atoms with Crippen molar-refractivity contribution in [1.82, 2.24) is 0 Å². The highest BCUT2D eigenvalue weighted by atomic mass is 14.8. The molecule has 2 aliphatic carbocycles. The lowest BCUT2D eigenvalue weighted by molar-refractivity contribution is 0.209. The van der Waals surface area contributed by atoms with Crippen molar-refractivity contribution in [2.75, 3.05) is 0 Å². The van der Waals surface area contributed by atoms with E-state index < -0.39 is 0 Å². The molecule has 0 aliphatic heterocycles. The monoisotopic (exact) mass is 207 g/mol. The van der Waals surface area contributed by atoms with Crippen molar-refractivity contribution in [3.8, 4) is 0 Å². The Morgan fingerprint density at radius 3 is 1.80 bits per heavy atom. The van der Waals surface area contributed by atoms with Crippen LogP contribution in [0.4, 0.5) is 0 Å². The van der Waals surface area contributed by atoms with Crippen LogP contribution in [-0.2, 0) is 0 Å². The second-order valence-electron chi connectivity index (χ2n) is 7.05. The van der Waals surface area contributed by atoms with Crippen LogP contribution in [0.15, 0.2) is 12.2 Å². The largest absolute Gasteiger partial charge is 0.322 e. The molecule has 0 aromatic heterocycles. The summed E-state index contributed by atoms with van der Waals surface area (Å²) in [7, 11) is 0. The zero-order valence-electron chi connectivity index (χ0n) is 10.6. The van der Waals surface area contributed by atoms with E-state index in [4.69, 9.17) is 5.73 Å². The van der Waals surface area contributed by atoms with Crippen molar-refractivity contribution < 1.29 is 0 Å². The highest BCUT2D eigenvalue weighted by molar-refractivity contribution is 5.18. The van der Waals surface area contributed by atoms with Crippen molar-refractivity contribution in [1.29, 1.82) is 0 Å². The van der Waals surface area contributed by atoms with Gasteiger partial charge in [0.05, 0.1) is 0 Å². The maximum atomic E-state index is 6.12. The van der Waals surface area contributed by atoms with Gasteiger partial charge < -0.3 is 5.73 Å². The van der Waals surface area contributed by atoms with Crippen molar-refractivity contribution >= 4 is 0 Å². The van der Waals surface area contributed by atoms with E-state index in [-0.39, 0.29) is 5.54 Å². The fraction of sp³-hybridized carbons (Fsp3) is 0.857. The van der Waals surface area contributed by atoms with E-state index in [9.17, 15) is 0 Å². The van der Waals surface area contributed by atoms with Gasteiger partial charge in [0.1, 0.15) is 0 Å². The van der Waals surface area contributed by atoms with Gasteiger partial charge in [-0.3, -0.25) is 0 Å². The fourth-order valence-electron chi connectivity index (χ4n) is 3.13. The van der Waals surface area contributed by atoms with Crippen LogP contribution in [0.2, 0.25) is 0 Å². The molecular formula is C14H25N. The molecule has 86 valence electrons. The first-order valence-corrected chi connectivity index (χ1v) is 6.24. The van der Waals surface area contributed by atoms with Crippen LogP contribution in [0.5, 0.6) is 0 Å². The molecule has 15 heavy (non-hydrogen) atoms. The smallest absolute Gasteiger partial charge is 0.0340 e. The first kappa shape index (κ1) is 11.2. The van der Waals surface area contributed by atoms with Gasteiger partial charge in [0, 0.05) is 5.54 Å². The highest BCUT2D eigenvalue weighted by Gasteiger charge is 2.46. The molecule has 0 aromatic carbocycles. The fourth-order valence-corrected chi connectivity index (χ4v) is 3.13. The minimum absolute atomic E-state index is 0.0642. The van der Waals surface area contributed by atoms with Gasteiger partial charge in [0.15, 0.2) is 0 Å². The summed E-state index contributed by atoms with van der Waals surface area (Å²) in [6, 6.07) is 0. The topological polar surface area (TPSA) is 26.0 Å². The lowest BCUT2D eigenvalue weighted by Crippen LogP contribution is -2.27. The average Bonchev–Trinajstić information content (AvgIpc) is 2.76. The molecule has 0 saturated heterocycles. The quantitative estimate of drug-likeness (QED) is 0.689. The summed E-state index contributed by atoms with van der Waals surface area (Å²) in [5, 5.41) is 0. The Morgan fingerprint density at radius 2 is 1.40 bits per heavy atom. The van der Waals surface area contributed by atoms with Gasteiger partial charge in [-0.25, -0.2) is 0 Å². The van der Waals surface area contributed by atoms with E-state index in [2.05, 4.69) is 39.8 Å². The predicted molar refractivity (Wildman–Crippen MR) is 65.6 cm³/mol. The van der Waals surface area contributed by atoms with Crippen LogP contribution in [0.3, 0.4) is 0 Å². The van der Waals surface area contributed by atoms with Crippen LogP contribution >= 0.6 is 0 Å². The minimum Gasteiger partial charge on any atom is -0.322 e. The van der Waals surface area contributed by atoms with E-state index in [1.54, 1.807) is 0 Å². The molecule has 1 heteroatoms. The van der Waals surface area contributed by atoms with Crippen LogP contribution in [0.25, 0.3) is 0 Å². The van der Waals surface area contributed by atoms with Crippen molar-refractivity contribution in [2.45, 2.75) is 58.9 Å². The molecule has 0 spiro atoms. The van der Waals surface area contributed by atoms with Crippen LogP contribution in [-0.4, -0.2) is 5.54 Å². The number of hydrogen-bond donors (Lipinski definition) is 1. The summed E-state index contributed by atoms with van der Waals surface area (Å²) in [5.41, 5.74) is 7.08. The SMILES string of the molecule is CC1(C)CCC(C)(C)C1C=CC1(N)CC1. The lowest BCUT2D eigenvalue weighted by atomic mass is 9.72. The molecule has 0 aromatic rings. The molecule has 0 radical (unpaired) electrons. The summed E-state index contributed by atoms with van der Waals surface area (Å²) in [4.78, 5) is 0. The Hall–Kier alpha value is -0.300. The van der Waals surface area contributed by atoms with Crippen molar-refractivity contribution in [2.24, 2.45) is 22.5 Å². The van der Waals surface area contributed by atoms with Crippen molar-refractivity contribution in [3.05, 3.63) is 12.2 Å². The summed E-state index contributed by atoms with van der Waals surface area (Å²) in [6.07, 6.45) is 9.74. The molecule has 0 atom stereocenters. The van der Waals surface area contributed by atoms with Gasteiger partial charge in [-0.1, -0.05) is 39.8 Å². The van der Waals surface area contributed by atoms with Gasteiger partial charge in [-0.2, -0.15) is 0 Å². The van der Waals surface area contributed by atoms with Gasteiger partial charge in [-0.15, -0.1) is 0 Å². The van der Waals surface area contributed by atoms with Crippen molar-refractivity contribution in [3.63, 3.8) is 0 Å². The number of rotatable bonds is 2. The van der Waals surface area contributed by atoms with Crippen LogP contribution < -0.4 is 5.73 Å². The Balaban J connectivity index is 2.14. The zero-order chi connectivity index (χ0) is 11.3. The number of hydrogen-bond acceptors (Lipinski definition) is 1. The minimum atomic E-state index is 0.0642. The van der Waals surface area contributed by atoms with E-state index in [1.165, 1.54) is 25.7 Å². The number of allylic oxidation sites excluding steroid dienone is 1. The van der Waals surface area contributed by atoms with Gasteiger partial charge in [0.25, 0.3) is 0 Å². The molecule has 2 fully saturated rings. The summed E-state index contributed by atoms with van der Waals surface area (Å²) >= 11 is 0. The third-order valence-electron chi connectivity index (χ3n) is 4.55. The van der Waals surface area contributed by atoms with E-state index >= 15 is 0 Å². The molecule has 2 saturated carbocycles. The zero-order valence-corrected chi connectivity index (χ0v) is 10.6. The Bertz CT molecular complexity index is 266. The number of nitrogens with two attached hydrogens (primary N) is 1. The Kier molecular flexibility index (Phi) is 2.31. The Morgan fingerprint density at radius 1 is 0.933 bits per heavy atom. The molecular weight excluding hydrogens is 182 g/mol. The average molecular weight is 207 g/mol. The molecule has 0 amide bonds. The highest BCUT2D eigenvalue weighted by Crippen LogP contribution is 2.54. The normalized spacial score (nSPS) is 32.3. The third-order valence-corrected chi connectivity index (χ3v) is 4.55. The van der Waals surface area contributed by atoms with E-state index in [1.807, 2.05) is 0 Å². The van der Waals surface area contributed by atoms with E-state index in [0.717, 1.165) is 0 Å². The lowest BCUT2D eigenvalue weighted by Gasteiger charge is -2.33. The maximum absolute atomic E-state index is 6.12. The summed E-state index contributed by atoms with van der Waals surface area (Å²) in [6.45, 7) is 9.58. The molecule has 2 N–H and O–H groups in total. The first-order chi connectivity index (χ1) is 6.75. The first-order valence-electron chi connectivity index (χ1n) is 6.24. The van der Waals surface area contributed by atoms with Gasteiger partial charge in [-0.05, 0) is 42.4 Å². The van der Waals surface area contributed by atoms with Gasteiger partial charge in [0.2, 0.25) is 0 Å². The Labute approximate surface area is 94.1 Å². The maximum Gasteiger partial charge on any atom is 0.0340 e. The van der Waals surface area contributed by atoms with E-state index in [0.29, 0.717) is 16.7 Å². The third kappa shape index (κ3) is 2.13. The molecule has 0 unspecified atom stereocenters. The molecule has 1 nitrogen and oxygen atoms in total. The van der Waals surface area contributed by atoms with Crippen LogP contribution in [0, 0.1) is 16.7 Å².